The van der Waals surface area contributed by atoms with Crippen LogP contribution in [0.3, 0.4) is 0 Å². The van der Waals surface area contributed by atoms with Gasteiger partial charge in [-0.25, -0.2) is 0 Å². The predicted molar refractivity (Wildman–Crippen MR) is 81.3 cm³/mol. The van der Waals surface area contributed by atoms with Crippen LogP contribution in [0.1, 0.15) is 17.5 Å². The van der Waals surface area contributed by atoms with Crippen LogP contribution in [0.2, 0.25) is 0 Å². The van der Waals surface area contributed by atoms with Crippen molar-refractivity contribution in [3.05, 3.63) is 29.3 Å². The first kappa shape index (κ1) is 14.1. The van der Waals surface area contributed by atoms with E-state index in [1.807, 2.05) is 19.1 Å². The second-order valence-corrected chi connectivity index (χ2v) is 5.73. The van der Waals surface area contributed by atoms with Gasteiger partial charge in [0, 0.05) is 38.4 Å². The molecule has 0 radical (unpaired) electrons. The normalized spacial score (nSPS) is 18.3. The van der Waals surface area contributed by atoms with Gasteiger partial charge in [-0.05, 0) is 31.4 Å². The first-order valence-corrected chi connectivity index (χ1v) is 7.58. The molecule has 0 aromatic heterocycles. The maximum Gasteiger partial charge on any atom is 0.316 e. The van der Waals surface area contributed by atoms with Gasteiger partial charge in [-0.15, -0.1) is 0 Å². The highest BCUT2D eigenvalue weighted by molar-refractivity contribution is 6.40. The molecule has 0 saturated carbocycles. The van der Waals surface area contributed by atoms with Crippen LogP contribution in [-0.4, -0.2) is 49.4 Å². The fraction of sp³-hybridized carbons (Fsp3) is 0.500. The standard InChI is InChI=1S/C16H21N3O2/c1-12-4-5-14-13(11-12)3-2-8-19(14)16(21)15(20)18-9-6-17-7-10-18/h4-5,11,17H,2-3,6-10H2,1H3. The van der Waals surface area contributed by atoms with Crippen LogP contribution in [0.15, 0.2) is 18.2 Å². The Labute approximate surface area is 124 Å². The van der Waals surface area contributed by atoms with E-state index in [2.05, 4.69) is 11.4 Å². The average molecular weight is 287 g/mol. The van der Waals surface area contributed by atoms with Crippen LogP contribution in [0.4, 0.5) is 5.69 Å². The van der Waals surface area contributed by atoms with Gasteiger partial charge >= 0.3 is 11.8 Å². The minimum atomic E-state index is -0.387. The third-order valence-electron chi connectivity index (χ3n) is 4.19. The molecule has 0 atom stereocenters. The van der Waals surface area contributed by atoms with Crippen molar-refractivity contribution in [3.8, 4) is 0 Å². The van der Waals surface area contributed by atoms with E-state index in [0.717, 1.165) is 31.6 Å². The van der Waals surface area contributed by atoms with Crippen molar-refractivity contribution in [2.45, 2.75) is 19.8 Å². The van der Waals surface area contributed by atoms with Crippen LogP contribution >= 0.6 is 0 Å². The molecule has 2 amide bonds. The van der Waals surface area contributed by atoms with Gasteiger partial charge in [0.1, 0.15) is 0 Å². The maximum absolute atomic E-state index is 12.6. The molecule has 3 rings (SSSR count). The number of amides is 2. The lowest BCUT2D eigenvalue weighted by molar-refractivity contribution is -0.144. The SMILES string of the molecule is Cc1ccc2c(c1)CCCN2C(=O)C(=O)N1CCNCC1. The number of hydrogen-bond donors (Lipinski definition) is 1. The summed E-state index contributed by atoms with van der Waals surface area (Å²) < 4.78 is 0. The van der Waals surface area contributed by atoms with Crippen molar-refractivity contribution in [2.24, 2.45) is 0 Å². The molecule has 1 aromatic carbocycles. The zero-order valence-electron chi connectivity index (χ0n) is 12.4. The molecule has 1 N–H and O–H groups in total. The van der Waals surface area contributed by atoms with Crippen LogP contribution in [0.25, 0.3) is 0 Å². The van der Waals surface area contributed by atoms with Gasteiger partial charge in [-0.1, -0.05) is 17.7 Å². The molecule has 0 spiro atoms. The van der Waals surface area contributed by atoms with Crippen LogP contribution in [0, 0.1) is 6.92 Å². The summed E-state index contributed by atoms with van der Waals surface area (Å²) in [6.07, 6.45) is 1.89. The van der Waals surface area contributed by atoms with E-state index in [4.69, 9.17) is 0 Å². The van der Waals surface area contributed by atoms with Crippen LogP contribution in [-0.2, 0) is 16.0 Å². The van der Waals surface area contributed by atoms with Crippen molar-refractivity contribution in [1.29, 1.82) is 0 Å². The fourth-order valence-corrected chi connectivity index (χ4v) is 3.06. The van der Waals surface area contributed by atoms with E-state index in [9.17, 15) is 9.59 Å². The molecule has 1 saturated heterocycles. The Balaban J connectivity index is 1.81. The summed E-state index contributed by atoms with van der Waals surface area (Å²) in [6.45, 7) is 5.42. The van der Waals surface area contributed by atoms with Crippen molar-refractivity contribution >= 4 is 17.5 Å². The molecule has 5 heteroatoms. The van der Waals surface area contributed by atoms with Gasteiger partial charge in [0.05, 0.1) is 0 Å². The summed E-state index contributed by atoms with van der Waals surface area (Å²) in [5.41, 5.74) is 3.26. The highest BCUT2D eigenvalue weighted by Crippen LogP contribution is 2.28. The summed E-state index contributed by atoms with van der Waals surface area (Å²) in [4.78, 5) is 28.2. The van der Waals surface area contributed by atoms with Crippen LogP contribution < -0.4 is 10.2 Å². The van der Waals surface area contributed by atoms with Gasteiger partial charge in [0.15, 0.2) is 0 Å². The molecule has 5 nitrogen and oxygen atoms in total. The minimum Gasteiger partial charge on any atom is -0.332 e. The van der Waals surface area contributed by atoms with Gasteiger partial charge in [0.2, 0.25) is 0 Å². The molecule has 112 valence electrons. The Morgan fingerprint density at radius 1 is 1.10 bits per heavy atom. The molecule has 0 unspecified atom stereocenters. The number of carbonyl (C=O) groups excluding carboxylic acids is 2. The molecule has 2 aliphatic rings. The summed E-state index contributed by atoms with van der Waals surface area (Å²) >= 11 is 0. The Hall–Kier alpha value is -1.88. The van der Waals surface area contributed by atoms with Crippen LogP contribution in [0.5, 0.6) is 0 Å². The van der Waals surface area contributed by atoms with Gasteiger partial charge in [-0.3, -0.25) is 9.59 Å². The lowest BCUT2D eigenvalue weighted by Crippen LogP contribution is -2.52. The van der Waals surface area contributed by atoms with E-state index in [1.165, 1.54) is 11.1 Å². The summed E-state index contributed by atoms with van der Waals surface area (Å²) in [5.74, 6) is -0.758. The van der Waals surface area contributed by atoms with E-state index in [1.54, 1.807) is 9.80 Å². The topological polar surface area (TPSA) is 52.7 Å². The molecule has 1 fully saturated rings. The van der Waals surface area contributed by atoms with Crippen molar-refractivity contribution in [1.82, 2.24) is 10.2 Å². The Morgan fingerprint density at radius 3 is 2.62 bits per heavy atom. The van der Waals surface area contributed by atoms with E-state index in [-0.39, 0.29) is 11.8 Å². The number of carbonyl (C=O) groups is 2. The van der Waals surface area contributed by atoms with Gasteiger partial charge in [-0.2, -0.15) is 0 Å². The first-order chi connectivity index (χ1) is 10.2. The van der Waals surface area contributed by atoms with E-state index in [0.29, 0.717) is 19.6 Å². The zero-order chi connectivity index (χ0) is 14.8. The first-order valence-electron chi connectivity index (χ1n) is 7.58. The lowest BCUT2D eigenvalue weighted by Gasteiger charge is -2.32. The predicted octanol–water partition coefficient (Wildman–Crippen LogP) is 0.706. The van der Waals surface area contributed by atoms with Gasteiger partial charge < -0.3 is 15.1 Å². The number of piperazine rings is 1. The number of nitrogens with zero attached hydrogens (tertiary/aromatic N) is 2. The second-order valence-electron chi connectivity index (χ2n) is 5.73. The quantitative estimate of drug-likeness (QED) is 0.715. The van der Waals surface area contributed by atoms with Gasteiger partial charge in [0.25, 0.3) is 0 Å². The Morgan fingerprint density at radius 2 is 1.86 bits per heavy atom. The molecular weight excluding hydrogens is 266 g/mol. The maximum atomic E-state index is 12.6. The van der Waals surface area contributed by atoms with Crippen molar-refractivity contribution in [2.75, 3.05) is 37.6 Å². The monoisotopic (exact) mass is 287 g/mol. The third kappa shape index (κ3) is 2.78. The van der Waals surface area contributed by atoms with E-state index < -0.39 is 0 Å². The van der Waals surface area contributed by atoms with E-state index >= 15 is 0 Å². The molecule has 2 aliphatic heterocycles. The number of nitrogens with one attached hydrogen (secondary N) is 1. The third-order valence-corrected chi connectivity index (χ3v) is 4.19. The number of rotatable bonds is 0. The van der Waals surface area contributed by atoms with Crippen molar-refractivity contribution in [3.63, 3.8) is 0 Å². The summed E-state index contributed by atoms with van der Waals surface area (Å²) in [6, 6.07) is 6.08. The number of aryl methyl sites for hydroxylation is 2. The highest BCUT2D eigenvalue weighted by atomic mass is 16.2. The summed E-state index contributed by atoms with van der Waals surface area (Å²) in [7, 11) is 0. The zero-order valence-corrected chi connectivity index (χ0v) is 12.4. The molecule has 0 aliphatic carbocycles. The Kier molecular flexibility index (Phi) is 3.92. The molecular formula is C16H21N3O2. The van der Waals surface area contributed by atoms with Crippen molar-refractivity contribution < 1.29 is 9.59 Å². The molecule has 0 bridgehead atoms. The highest BCUT2D eigenvalue weighted by Gasteiger charge is 2.31. The number of anilines is 1. The second kappa shape index (κ2) is 5.85. The Bertz CT molecular complexity index is 565. The summed E-state index contributed by atoms with van der Waals surface area (Å²) in [5, 5.41) is 3.19. The average Bonchev–Trinajstić information content (AvgIpc) is 2.53. The molecule has 1 aromatic rings. The number of benzene rings is 1. The number of hydrogen-bond acceptors (Lipinski definition) is 3. The molecule has 2 heterocycles. The minimum absolute atomic E-state index is 0.370. The molecule has 21 heavy (non-hydrogen) atoms. The smallest absolute Gasteiger partial charge is 0.316 e. The largest absolute Gasteiger partial charge is 0.332 e. The fourth-order valence-electron chi connectivity index (χ4n) is 3.06. The number of fused-ring (bicyclic) bond motifs is 1. The lowest BCUT2D eigenvalue weighted by atomic mass is 9.99.